The summed E-state index contributed by atoms with van der Waals surface area (Å²) in [4.78, 5) is 12.2. The number of benzene rings is 1. The molecule has 0 amide bonds. The fraction of sp³-hybridized carbons (Fsp3) is 0.538. The topological polar surface area (TPSA) is 96.1 Å². The molecule has 0 aliphatic carbocycles. The summed E-state index contributed by atoms with van der Waals surface area (Å²) in [5, 5.41) is 29.0. The number of rotatable bonds is 8. The molecule has 0 fully saturated rings. The van der Waals surface area contributed by atoms with Crippen LogP contribution in [-0.4, -0.2) is 47.5 Å². The lowest BCUT2D eigenvalue weighted by atomic mass is 10.2. The van der Waals surface area contributed by atoms with E-state index in [0.717, 1.165) is 0 Å². The first-order valence-electron chi connectivity index (χ1n) is 6.41. The summed E-state index contributed by atoms with van der Waals surface area (Å²) in [7, 11) is 0. The molecule has 1 aromatic rings. The lowest BCUT2D eigenvalue weighted by Gasteiger charge is -2.23. The van der Waals surface area contributed by atoms with Crippen LogP contribution in [0.15, 0.2) is 18.2 Å². The van der Waals surface area contributed by atoms with Gasteiger partial charge in [0, 0.05) is 30.9 Å². The molecule has 0 saturated carbocycles. The first-order chi connectivity index (χ1) is 9.49. The first-order valence-corrected chi connectivity index (χ1v) is 6.41. The van der Waals surface area contributed by atoms with Crippen molar-refractivity contribution in [1.29, 1.82) is 0 Å². The monoisotopic (exact) mass is 284 g/mol. The quantitative estimate of drug-likeness (QED) is 0.549. The maximum absolute atomic E-state index is 11.0. The predicted octanol–water partition coefficient (Wildman–Crippen LogP) is 1.17. The molecule has 0 bridgehead atoms. The van der Waals surface area contributed by atoms with Gasteiger partial charge < -0.3 is 19.8 Å². The summed E-state index contributed by atoms with van der Waals surface area (Å²) in [6.45, 7) is 4.10. The average molecular weight is 284 g/mol. The Morgan fingerprint density at radius 1 is 1.30 bits per heavy atom. The number of hydrogen-bond acceptors (Lipinski definition) is 6. The number of nitrogens with zero attached hydrogens (tertiary/aromatic N) is 2. The minimum absolute atomic E-state index is 0.0721. The van der Waals surface area contributed by atoms with Gasteiger partial charge in [-0.1, -0.05) is 0 Å². The molecule has 0 heterocycles. The molecule has 0 aromatic heterocycles. The zero-order valence-corrected chi connectivity index (χ0v) is 11.7. The van der Waals surface area contributed by atoms with Crippen molar-refractivity contribution in [2.24, 2.45) is 0 Å². The van der Waals surface area contributed by atoms with Crippen LogP contribution in [0.5, 0.6) is 5.75 Å². The van der Waals surface area contributed by atoms with Gasteiger partial charge in [-0.3, -0.25) is 10.1 Å². The van der Waals surface area contributed by atoms with E-state index in [9.17, 15) is 10.1 Å². The highest BCUT2D eigenvalue weighted by Crippen LogP contribution is 2.32. The lowest BCUT2D eigenvalue weighted by molar-refractivity contribution is -0.386. The van der Waals surface area contributed by atoms with Crippen LogP contribution in [0, 0.1) is 10.1 Å². The smallest absolute Gasteiger partial charge is 0.311 e. The Balaban J connectivity index is 3.12. The van der Waals surface area contributed by atoms with Crippen molar-refractivity contribution in [2.75, 3.05) is 31.2 Å². The number of nitro groups is 1. The summed E-state index contributed by atoms with van der Waals surface area (Å²) in [6, 6.07) is 4.51. The predicted molar refractivity (Wildman–Crippen MR) is 75.2 cm³/mol. The number of aliphatic hydroxyl groups is 2. The average Bonchev–Trinajstić information content (AvgIpc) is 2.37. The normalized spacial score (nSPS) is 10.7. The molecule has 20 heavy (non-hydrogen) atoms. The van der Waals surface area contributed by atoms with Crippen LogP contribution >= 0.6 is 0 Å². The molecule has 0 atom stereocenters. The molecule has 0 saturated heterocycles. The third-order valence-electron chi connectivity index (χ3n) is 2.61. The van der Waals surface area contributed by atoms with Crippen LogP contribution in [0.25, 0.3) is 0 Å². The zero-order chi connectivity index (χ0) is 15.1. The van der Waals surface area contributed by atoms with Crippen LogP contribution in [0.4, 0.5) is 11.4 Å². The second kappa shape index (κ2) is 7.66. The molecule has 7 heteroatoms. The van der Waals surface area contributed by atoms with E-state index in [4.69, 9.17) is 14.9 Å². The Hall–Kier alpha value is -1.86. The Labute approximate surface area is 117 Å². The lowest BCUT2D eigenvalue weighted by Crippen LogP contribution is -2.29. The van der Waals surface area contributed by atoms with Crippen molar-refractivity contribution in [3.05, 3.63) is 28.3 Å². The highest BCUT2D eigenvalue weighted by atomic mass is 16.6. The highest BCUT2D eigenvalue weighted by Gasteiger charge is 2.18. The molecule has 1 rings (SSSR count). The molecule has 0 spiro atoms. The number of anilines is 1. The minimum atomic E-state index is -0.496. The van der Waals surface area contributed by atoms with Gasteiger partial charge in [0.25, 0.3) is 0 Å². The van der Waals surface area contributed by atoms with Crippen LogP contribution in [0.2, 0.25) is 0 Å². The number of aliphatic hydroxyl groups excluding tert-OH is 2. The Kier molecular flexibility index (Phi) is 6.20. The largest absolute Gasteiger partial charge is 0.484 e. The van der Waals surface area contributed by atoms with E-state index in [0.29, 0.717) is 18.8 Å². The molecule has 112 valence electrons. The number of hydrogen-bond donors (Lipinski definition) is 2. The third kappa shape index (κ3) is 4.36. The van der Waals surface area contributed by atoms with Gasteiger partial charge in [0.1, 0.15) is 0 Å². The van der Waals surface area contributed by atoms with E-state index in [2.05, 4.69) is 0 Å². The van der Waals surface area contributed by atoms with Gasteiger partial charge in [0.15, 0.2) is 5.75 Å². The van der Waals surface area contributed by atoms with Crippen molar-refractivity contribution < 1.29 is 19.9 Å². The van der Waals surface area contributed by atoms with E-state index >= 15 is 0 Å². The SMILES string of the molecule is CC(C)Oc1cc(N(CCO)CCO)ccc1[N+](=O)[O-]. The number of nitro benzene ring substituents is 1. The van der Waals surface area contributed by atoms with E-state index < -0.39 is 4.92 Å². The van der Waals surface area contributed by atoms with Crippen LogP contribution in [0.3, 0.4) is 0 Å². The van der Waals surface area contributed by atoms with Gasteiger partial charge in [-0.15, -0.1) is 0 Å². The Morgan fingerprint density at radius 3 is 2.35 bits per heavy atom. The fourth-order valence-electron chi connectivity index (χ4n) is 1.81. The summed E-state index contributed by atoms with van der Waals surface area (Å²) in [5.41, 5.74) is 0.560. The molecule has 0 aliphatic heterocycles. The van der Waals surface area contributed by atoms with Crippen molar-refractivity contribution in [3.63, 3.8) is 0 Å². The van der Waals surface area contributed by atoms with E-state index in [1.165, 1.54) is 6.07 Å². The maximum Gasteiger partial charge on any atom is 0.311 e. The Bertz CT molecular complexity index is 444. The molecular weight excluding hydrogens is 264 g/mol. The van der Waals surface area contributed by atoms with Gasteiger partial charge >= 0.3 is 5.69 Å². The highest BCUT2D eigenvalue weighted by molar-refractivity contribution is 5.59. The van der Waals surface area contributed by atoms with Crippen LogP contribution < -0.4 is 9.64 Å². The van der Waals surface area contributed by atoms with Crippen LogP contribution in [-0.2, 0) is 0 Å². The van der Waals surface area contributed by atoms with Crippen LogP contribution in [0.1, 0.15) is 13.8 Å². The van der Waals surface area contributed by atoms with Gasteiger partial charge in [0.2, 0.25) is 0 Å². The van der Waals surface area contributed by atoms with Gasteiger partial charge in [-0.25, -0.2) is 0 Å². The molecule has 0 unspecified atom stereocenters. The maximum atomic E-state index is 11.0. The molecule has 2 N–H and O–H groups in total. The molecule has 1 aromatic carbocycles. The summed E-state index contributed by atoms with van der Waals surface area (Å²) < 4.78 is 5.46. The molecule has 0 aliphatic rings. The fourth-order valence-corrected chi connectivity index (χ4v) is 1.81. The van der Waals surface area contributed by atoms with E-state index in [1.54, 1.807) is 30.9 Å². The second-order valence-electron chi connectivity index (χ2n) is 4.51. The van der Waals surface area contributed by atoms with Crippen molar-refractivity contribution in [1.82, 2.24) is 0 Å². The second-order valence-corrected chi connectivity index (χ2v) is 4.51. The molecule has 7 nitrogen and oxygen atoms in total. The standard InChI is InChI=1S/C13H20N2O5/c1-10(2)20-13-9-11(3-4-12(13)15(18)19)14(5-7-16)6-8-17/h3-4,9-10,16-17H,5-8H2,1-2H3. The summed E-state index contributed by atoms with van der Waals surface area (Å²) in [6.07, 6.45) is -0.187. The Morgan fingerprint density at radius 2 is 1.90 bits per heavy atom. The van der Waals surface area contributed by atoms with E-state index in [1.807, 2.05) is 0 Å². The van der Waals surface area contributed by atoms with Gasteiger partial charge in [0.05, 0.1) is 24.2 Å². The molecule has 0 radical (unpaired) electrons. The van der Waals surface area contributed by atoms with Crippen molar-refractivity contribution >= 4 is 11.4 Å². The molecular formula is C13H20N2O5. The van der Waals surface area contributed by atoms with Gasteiger partial charge in [-0.05, 0) is 19.9 Å². The van der Waals surface area contributed by atoms with E-state index in [-0.39, 0.29) is 30.8 Å². The summed E-state index contributed by atoms with van der Waals surface area (Å²) >= 11 is 0. The first kappa shape index (κ1) is 16.2. The third-order valence-corrected chi connectivity index (χ3v) is 2.61. The van der Waals surface area contributed by atoms with Crippen molar-refractivity contribution in [2.45, 2.75) is 20.0 Å². The van der Waals surface area contributed by atoms with Gasteiger partial charge in [-0.2, -0.15) is 0 Å². The van der Waals surface area contributed by atoms with Crippen molar-refractivity contribution in [3.8, 4) is 5.75 Å². The summed E-state index contributed by atoms with van der Waals surface area (Å²) in [5.74, 6) is 0.184. The minimum Gasteiger partial charge on any atom is -0.484 e. The number of ether oxygens (including phenoxy) is 1. The zero-order valence-electron chi connectivity index (χ0n) is 11.7.